The number of piperidine rings is 1. The molecule has 4 rings (SSSR count). The zero-order valence-corrected chi connectivity index (χ0v) is 16.1. The third-order valence-electron chi connectivity index (χ3n) is 6.72. The summed E-state index contributed by atoms with van der Waals surface area (Å²) in [5.74, 6) is 1.85. The molecule has 140 valence electrons. The minimum absolute atomic E-state index is 0.512. The summed E-state index contributed by atoms with van der Waals surface area (Å²) in [7, 11) is 2.29. The molecule has 1 spiro atoms. The van der Waals surface area contributed by atoms with Crippen LogP contribution in [0.15, 0.2) is 4.52 Å². The van der Waals surface area contributed by atoms with Gasteiger partial charge in [0.2, 0.25) is 0 Å². The molecule has 0 amide bonds. The summed E-state index contributed by atoms with van der Waals surface area (Å²) in [6.07, 6.45) is 6.68. The lowest BCUT2D eigenvalue weighted by molar-refractivity contribution is 0.0776. The van der Waals surface area contributed by atoms with Crippen molar-refractivity contribution in [1.82, 2.24) is 15.0 Å². The fraction of sp³-hybridized carbons (Fsp3) is 0.850. The maximum absolute atomic E-state index is 5.99. The average molecular weight is 348 g/mol. The molecule has 2 saturated heterocycles. The Bertz CT molecular complexity index is 568. The van der Waals surface area contributed by atoms with Crippen LogP contribution >= 0.6 is 0 Å². The molecule has 0 radical (unpaired) electrons. The van der Waals surface area contributed by atoms with Crippen LogP contribution in [0.2, 0.25) is 0 Å². The number of nitrogens with zero attached hydrogens (tertiary/aromatic N) is 3. The van der Waals surface area contributed by atoms with E-state index in [2.05, 4.69) is 28.9 Å². The Morgan fingerprint density at radius 2 is 1.96 bits per heavy atom. The van der Waals surface area contributed by atoms with Gasteiger partial charge in [-0.2, -0.15) is 0 Å². The van der Waals surface area contributed by atoms with Crippen LogP contribution in [0.4, 0.5) is 0 Å². The number of aromatic nitrogens is 1. The molecule has 0 bridgehead atoms. The lowest BCUT2D eigenvalue weighted by atomic mass is 9.76. The minimum Gasteiger partial charge on any atom is -0.380 e. The van der Waals surface area contributed by atoms with Crippen molar-refractivity contribution < 1.29 is 9.26 Å². The summed E-state index contributed by atoms with van der Waals surface area (Å²) in [4.78, 5) is 5.13. The first kappa shape index (κ1) is 17.5. The molecule has 3 fully saturated rings. The van der Waals surface area contributed by atoms with E-state index in [1.54, 1.807) is 0 Å². The Morgan fingerprint density at radius 3 is 2.60 bits per heavy atom. The smallest absolute Gasteiger partial charge is 0.138 e. The van der Waals surface area contributed by atoms with Crippen LogP contribution in [0, 0.1) is 25.2 Å². The van der Waals surface area contributed by atoms with Gasteiger partial charge in [0.05, 0.1) is 12.3 Å². The van der Waals surface area contributed by atoms with Crippen molar-refractivity contribution in [3.05, 3.63) is 17.0 Å². The lowest BCUT2D eigenvalue weighted by Gasteiger charge is -2.39. The maximum atomic E-state index is 5.99. The van der Waals surface area contributed by atoms with E-state index in [0.717, 1.165) is 37.1 Å². The van der Waals surface area contributed by atoms with Gasteiger partial charge in [0, 0.05) is 31.3 Å². The van der Waals surface area contributed by atoms with Crippen LogP contribution in [-0.4, -0.2) is 60.9 Å². The first-order valence-electron chi connectivity index (χ1n) is 9.97. The molecule has 25 heavy (non-hydrogen) atoms. The summed E-state index contributed by atoms with van der Waals surface area (Å²) in [6, 6.07) is 0.618. The number of likely N-dealkylation sites (tertiary alicyclic amines) is 2. The third-order valence-corrected chi connectivity index (χ3v) is 6.72. The molecule has 1 aliphatic carbocycles. The molecule has 1 aromatic rings. The first-order chi connectivity index (χ1) is 12.0. The molecule has 3 heterocycles. The number of hydrogen-bond donors (Lipinski definition) is 0. The van der Waals surface area contributed by atoms with Gasteiger partial charge in [-0.15, -0.1) is 0 Å². The molecule has 5 nitrogen and oxygen atoms in total. The molecule has 1 saturated carbocycles. The second-order valence-corrected chi connectivity index (χ2v) is 8.83. The molecule has 1 aromatic heterocycles. The number of aryl methyl sites for hydroxylation is 2. The van der Waals surface area contributed by atoms with E-state index in [0.29, 0.717) is 11.5 Å². The van der Waals surface area contributed by atoms with Gasteiger partial charge in [0.25, 0.3) is 0 Å². The largest absolute Gasteiger partial charge is 0.380 e. The summed E-state index contributed by atoms with van der Waals surface area (Å²) in [6.45, 7) is 10.6. The molecule has 3 aliphatic rings. The van der Waals surface area contributed by atoms with E-state index in [9.17, 15) is 0 Å². The summed E-state index contributed by atoms with van der Waals surface area (Å²) in [5, 5.41) is 4.10. The molecule has 5 heteroatoms. The highest BCUT2D eigenvalue weighted by Gasteiger charge is 2.44. The van der Waals surface area contributed by atoms with Gasteiger partial charge in [-0.3, -0.25) is 4.90 Å². The first-order valence-corrected chi connectivity index (χ1v) is 9.97. The van der Waals surface area contributed by atoms with Crippen LogP contribution < -0.4 is 0 Å². The van der Waals surface area contributed by atoms with Crippen molar-refractivity contribution in [3.63, 3.8) is 0 Å². The van der Waals surface area contributed by atoms with Gasteiger partial charge in [0.15, 0.2) is 0 Å². The van der Waals surface area contributed by atoms with Crippen molar-refractivity contribution in [1.29, 1.82) is 0 Å². The van der Waals surface area contributed by atoms with Gasteiger partial charge in [-0.25, -0.2) is 0 Å². The third kappa shape index (κ3) is 3.93. The highest BCUT2D eigenvalue weighted by atomic mass is 16.5. The van der Waals surface area contributed by atoms with Crippen LogP contribution in [-0.2, 0) is 11.3 Å². The molecule has 0 aromatic carbocycles. The van der Waals surface area contributed by atoms with Crippen molar-refractivity contribution in [3.8, 4) is 0 Å². The van der Waals surface area contributed by atoms with E-state index < -0.39 is 0 Å². The topological polar surface area (TPSA) is 41.7 Å². The lowest BCUT2D eigenvalue weighted by Crippen LogP contribution is -2.41. The number of rotatable bonds is 6. The van der Waals surface area contributed by atoms with Crippen molar-refractivity contribution >= 4 is 0 Å². The van der Waals surface area contributed by atoms with Crippen molar-refractivity contribution in [2.45, 2.75) is 58.5 Å². The standard InChI is InChI=1S/C20H33N3O2/c1-15-19(16(2)25-21-15)11-23-8-6-20(7-9-23)10-18(22(3)14-20)13-24-12-17-4-5-17/h17-18H,4-14H2,1-3H3. The second kappa shape index (κ2) is 7.01. The fourth-order valence-electron chi connectivity index (χ4n) is 4.72. The van der Waals surface area contributed by atoms with E-state index in [1.165, 1.54) is 57.3 Å². The zero-order valence-electron chi connectivity index (χ0n) is 16.1. The molecule has 1 atom stereocenters. The van der Waals surface area contributed by atoms with Gasteiger partial charge < -0.3 is 14.2 Å². The Balaban J connectivity index is 1.27. The van der Waals surface area contributed by atoms with E-state index in [1.807, 2.05) is 6.92 Å². The van der Waals surface area contributed by atoms with Gasteiger partial charge >= 0.3 is 0 Å². The van der Waals surface area contributed by atoms with E-state index in [4.69, 9.17) is 9.26 Å². The molecular weight excluding hydrogens is 314 g/mol. The van der Waals surface area contributed by atoms with E-state index in [-0.39, 0.29) is 0 Å². The Morgan fingerprint density at radius 1 is 1.20 bits per heavy atom. The van der Waals surface area contributed by atoms with Gasteiger partial charge in [0.1, 0.15) is 5.76 Å². The number of likely N-dealkylation sites (N-methyl/N-ethyl adjacent to an activating group) is 1. The maximum Gasteiger partial charge on any atom is 0.138 e. The highest BCUT2D eigenvalue weighted by Crippen LogP contribution is 2.43. The van der Waals surface area contributed by atoms with Crippen LogP contribution in [0.1, 0.15) is 49.1 Å². The molecule has 1 unspecified atom stereocenters. The zero-order chi connectivity index (χ0) is 17.4. The van der Waals surface area contributed by atoms with Crippen molar-refractivity contribution in [2.24, 2.45) is 11.3 Å². The average Bonchev–Trinajstić information content (AvgIpc) is 3.30. The van der Waals surface area contributed by atoms with E-state index >= 15 is 0 Å². The monoisotopic (exact) mass is 347 g/mol. The van der Waals surface area contributed by atoms with Crippen LogP contribution in [0.25, 0.3) is 0 Å². The molecule has 0 N–H and O–H groups in total. The molecule has 2 aliphatic heterocycles. The normalized spacial score (nSPS) is 27.4. The van der Waals surface area contributed by atoms with Crippen LogP contribution in [0.5, 0.6) is 0 Å². The SMILES string of the molecule is Cc1noc(C)c1CN1CCC2(CC1)CC(COCC1CC1)N(C)C2. The Labute approximate surface area is 151 Å². The predicted octanol–water partition coefficient (Wildman–Crippen LogP) is 3.00. The summed E-state index contributed by atoms with van der Waals surface area (Å²) >= 11 is 0. The summed E-state index contributed by atoms with van der Waals surface area (Å²) in [5.41, 5.74) is 2.84. The number of hydrogen-bond acceptors (Lipinski definition) is 5. The van der Waals surface area contributed by atoms with Crippen molar-refractivity contribution in [2.75, 3.05) is 39.9 Å². The summed E-state index contributed by atoms with van der Waals surface area (Å²) < 4.78 is 11.3. The Kier molecular flexibility index (Phi) is 4.91. The quantitative estimate of drug-likeness (QED) is 0.791. The minimum atomic E-state index is 0.512. The highest BCUT2D eigenvalue weighted by molar-refractivity contribution is 5.20. The second-order valence-electron chi connectivity index (χ2n) is 8.83. The predicted molar refractivity (Wildman–Crippen MR) is 97.5 cm³/mol. The molecular formula is C20H33N3O2. The van der Waals surface area contributed by atoms with Gasteiger partial charge in [-0.05, 0) is 77.4 Å². The Hall–Kier alpha value is -0.910. The number of ether oxygens (including phenoxy) is 1. The van der Waals surface area contributed by atoms with Gasteiger partial charge in [-0.1, -0.05) is 5.16 Å². The fourth-order valence-corrected chi connectivity index (χ4v) is 4.72. The van der Waals surface area contributed by atoms with Crippen LogP contribution in [0.3, 0.4) is 0 Å².